The lowest BCUT2D eigenvalue weighted by Gasteiger charge is -2.27. The van der Waals surface area contributed by atoms with Gasteiger partial charge in [0.15, 0.2) is 0 Å². The molecule has 3 aromatic carbocycles. The Morgan fingerprint density at radius 3 is 2.53 bits per heavy atom. The third-order valence-corrected chi connectivity index (χ3v) is 5.25. The second-order valence-corrected chi connectivity index (χ2v) is 7.38. The van der Waals surface area contributed by atoms with Crippen molar-refractivity contribution in [2.45, 2.75) is 26.1 Å². The number of rotatable bonds is 7. The third-order valence-electron chi connectivity index (χ3n) is 5.25. The highest BCUT2D eigenvalue weighted by atomic mass is 16.2. The number of benzene rings is 3. The van der Waals surface area contributed by atoms with Gasteiger partial charge in [0, 0.05) is 35.5 Å². The predicted octanol–water partition coefficient (Wildman–Crippen LogP) is 4.59. The highest BCUT2D eigenvalue weighted by Gasteiger charge is 2.35. The van der Waals surface area contributed by atoms with Gasteiger partial charge in [0.25, 0.3) is 11.8 Å². The molecule has 0 radical (unpaired) electrons. The fourth-order valence-electron chi connectivity index (χ4n) is 3.79. The Hall–Kier alpha value is -3.60. The monoisotopic (exact) mass is 399 g/mol. The van der Waals surface area contributed by atoms with E-state index in [-0.39, 0.29) is 18.0 Å². The van der Waals surface area contributed by atoms with Gasteiger partial charge in [-0.05, 0) is 36.2 Å². The number of carbonyl (C=O) groups excluding carboxylic acids is 2. The van der Waals surface area contributed by atoms with Crippen molar-refractivity contribution in [1.82, 2.24) is 10.2 Å². The van der Waals surface area contributed by atoms with E-state index in [1.807, 2.05) is 77.7 Å². The van der Waals surface area contributed by atoms with E-state index in [0.717, 1.165) is 28.8 Å². The molecule has 1 aliphatic heterocycles. The Balaban J connectivity index is 1.51. The normalized spacial score (nSPS) is 15.0. The first-order chi connectivity index (χ1) is 14.7. The summed E-state index contributed by atoms with van der Waals surface area (Å²) < 4.78 is 0. The Morgan fingerprint density at radius 1 is 0.967 bits per heavy atom. The van der Waals surface area contributed by atoms with Crippen molar-refractivity contribution in [3.8, 4) is 0 Å². The molecule has 2 N–H and O–H groups in total. The highest BCUT2D eigenvalue weighted by Crippen LogP contribution is 2.34. The Kier molecular flexibility index (Phi) is 5.80. The Morgan fingerprint density at radius 2 is 1.73 bits per heavy atom. The summed E-state index contributed by atoms with van der Waals surface area (Å²) in [7, 11) is 0. The fourth-order valence-corrected chi connectivity index (χ4v) is 3.79. The summed E-state index contributed by atoms with van der Waals surface area (Å²) in [6.45, 7) is 3.21. The SMILES string of the molecule is CCCN1C(=O)c2ccccc2C1Nc1cccc(C(=O)NCc2ccccc2)c1. The molecule has 5 heteroatoms. The van der Waals surface area contributed by atoms with Gasteiger partial charge < -0.3 is 15.5 Å². The maximum absolute atomic E-state index is 12.8. The highest BCUT2D eigenvalue weighted by molar-refractivity contribution is 5.99. The number of anilines is 1. The molecule has 0 spiro atoms. The summed E-state index contributed by atoms with van der Waals surface area (Å²) in [5, 5.41) is 6.41. The topological polar surface area (TPSA) is 61.4 Å². The predicted molar refractivity (Wildman–Crippen MR) is 118 cm³/mol. The standard InChI is InChI=1S/C25H25N3O2/c1-2-15-28-23(21-13-6-7-14-22(21)25(28)30)27-20-12-8-11-19(16-20)24(29)26-17-18-9-4-3-5-10-18/h3-14,16,23,27H,2,15,17H2,1H3,(H,26,29). The van der Waals surface area contributed by atoms with Crippen LogP contribution in [-0.2, 0) is 6.54 Å². The van der Waals surface area contributed by atoms with Crippen LogP contribution in [0.3, 0.4) is 0 Å². The molecule has 1 aliphatic rings. The van der Waals surface area contributed by atoms with Crippen LogP contribution >= 0.6 is 0 Å². The van der Waals surface area contributed by atoms with E-state index in [1.54, 1.807) is 6.07 Å². The zero-order valence-corrected chi connectivity index (χ0v) is 17.0. The molecular weight excluding hydrogens is 374 g/mol. The molecule has 1 atom stereocenters. The molecule has 0 aromatic heterocycles. The molecule has 152 valence electrons. The molecule has 5 nitrogen and oxygen atoms in total. The number of fused-ring (bicyclic) bond motifs is 1. The van der Waals surface area contributed by atoms with E-state index in [4.69, 9.17) is 0 Å². The number of carbonyl (C=O) groups is 2. The van der Waals surface area contributed by atoms with E-state index in [0.29, 0.717) is 18.7 Å². The van der Waals surface area contributed by atoms with Gasteiger partial charge in [-0.2, -0.15) is 0 Å². The third kappa shape index (κ3) is 4.06. The van der Waals surface area contributed by atoms with Gasteiger partial charge in [-0.3, -0.25) is 9.59 Å². The quantitative estimate of drug-likeness (QED) is 0.611. The van der Waals surface area contributed by atoms with Gasteiger partial charge in [0.1, 0.15) is 6.17 Å². The van der Waals surface area contributed by atoms with Crippen LogP contribution in [0.25, 0.3) is 0 Å². The van der Waals surface area contributed by atoms with E-state index in [1.165, 1.54) is 0 Å². The fraction of sp³-hybridized carbons (Fsp3) is 0.200. The molecule has 4 rings (SSSR count). The lowest BCUT2D eigenvalue weighted by molar-refractivity contribution is 0.0742. The van der Waals surface area contributed by atoms with Gasteiger partial charge >= 0.3 is 0 Å². The molecule has 1 unspecified atom stereocenters. The lowest BCUT2D eigenvalue weighted by Crippen LogP contribution is -2.33. The van der Waals surface area contributed by atoms with Crippen molar-refractivity contribution >= 4 is 17.5 Å². The van der Waals surface area contributed by atoms with Gasteiger partial charge in [-0.1, -0.05) is 61.5 Å². The van der Waals surface area contributed by atoms with Crippen LogP contribution in [-0.4, -0.2) is 23.3 Å². The van der Waals surface area contributed by atoms with Crippen molar-refractivity contribution in [3.05, 3.63) is 101 Å². The molecular formula is C25H25N3O2. The molecule has 0 saturated carbocycles. The van der Waals surface area contributed by atoms with Crippen LogP contribution in [0.5, 0.6) is 0 Å². The van der Waals surface area contributed by atoms with Gasteiger partial charge in [0.05, 0.1) is 0 Å². The molecule has 0 aliphatic carbocycles. The summed E-state index contributed by atoms with van der Waals surface area (Å²) in [6.07, 6.45) is 0.635. The lowest BCUT2D eigenvalue weighted by atomic mass is 10.1. The minimum absolute atomic E-state index is 0.0432. The average Bonchev–Trinajstić information content (AvgIpc) is 3.05. The maximum atomic E-state index is 12.8. The van der Waals surface area contributed by atoms with Crippen LogP contribution in [0.4, 0.5) is 5.69 Å². The van der Waals surface area contributed by atoms with Crippen molar-refractivity contribution in [3.63, 3.8) is 0 Å². The summed E-state index contributed by atoms with van der Waals surface area (Å²) in [5.41, 5.74) is 4.14. The van der Waals surface area contributed by atoms with Crippen LogP contribution in [0, 0.1) is 0 Å². The van der Waals surface area contributed by atoms with Crippen molar-refractivity contribution < 1.29 is 9.59 Å². The molecule has 0 fully saturated rings. The minimum Gasteiger partial charge on any atom is -0.361 e. The first kappa shape index (κ1) is 19.7. The average molecular weight is 399 g/mol. The minimum atomic E-state index is -0.240. The maximum Gasteiger partial charge on any atom is 0.256 e. The van der Waals surface area contributed by atoms with Gasteiger partial charge in [-0.25, -0.2) is 0 Å². The van der Waals surface area contributed by atoms with Crippen LogP contribution < -0.4 is 10.6 Å². The zero-order valence-electron chi connectivity index (χ0n) is 17.0. The van der Waals surface area contributed by atoms with E-state index >= 15 is 0 Å². The van der Waals surface area contributed by atoms with Crippen LogP contribution in [0.1, 0.15) is 51.4 Å². The largest absolute Gasteiger partial charge is 0.361 e. The first-order valence-electron chi connectivity index (χ1n) is 10.3. The molecule has 0 saturated heterocycles. The zero-order chi connectivity index (χ0) is 20.9. The van der Waals surface area contributed by atoms with Gasteiger partial charge in [0.2, 0.25) is 0 Å². The van der Waals surface area contributed by atoms with Crippen molar-refractivity contribution in [2.24, 2.45) is 0 Å². The van der Waals surface area contributed by atoms with Crippen LogP contribution in [0.2, 0.25) is 0 Å². The smallest absolute Gasteiger partial charge is 0.256 e. The number of nitrogens with zero attached hydrogens (tertiary/aromatic N) is 1. The number of amides is 2. The molecule has 3 aromatic rings. The number of hydrogen-bond donors (Lipinski definition) is 2. The Labute approximate surface area is 176 Å². The first-order valence-corrected chi connectivity index (χ1v) is 10.3. The van der Waals surface area contributed by atoms with E-state index in [9.17, 15) is 9.59 Å². The second-order valence-electron chi connectivity index (χ2n) is 7.38. The summed E-state index contributed by atoms with van der Waals surface area (Å²) in [5.74, 6) is -0.0856. The molecule has 30 heavy (non-hydrogen) atoms. The summed E-state index contributed by atoms with van der Waals surface area (Å²) in [4.78, 5) is 27.3. The van der Waals surface area contributed by atoms with E-state index < -0.39 is 0 Å². The van der Waals surface area contributed by atoms with Gasteiger partial charge in [-0.15, -0.1) is 0 Å². The van der Waals surface area contributed by atoms with Crippen molar-refractivity contribution in [1.29, 1.82) is 0 Å². The Bertz CT molecular complexity index is 1050. The second kappa shape index (κ2) is 8.82. The number of hydrogen-bond acceptors (Lipinski definition) is 3. The molecule has 2 amide bonds. The van der Waals surface area contributed by atoms with E-state index in [2.05, 4.69) is 17.6 Å². The summed E-state index contributed by atoms with van der Waals surface area (Å²) >= 11 is 0. The van der Waals surface area contributed by atoms with Crippen LogP contribution in [0.15, 0.2) is 78.9 Å². The van der Waals surface area contributed by atoms with Crippen molar-refractivity contribution in [2.75, 3.05) is 11.9 Å². The summed E-state index contributed by atoms with van der Waals surface area (Å²) in [6, 6.07) is 24.9. The molecule has 0 bridgehead atoms. The number of nitrogens with one attached hydrogen (secondary N) is 2. The molecule has 1 heterocycles.